The van der Waals surface area contributed by atoms with Gasteiger partial charge in [0, 0.05) is 19.8 Å². The van der Waals surface area contributed by atoms with Gasteiger partial charge in [0.05, 0.1) is 17.3 Å². The lowest BCUT2D eigenvalue weighted by Gasteiger charge is -2.18. The minimum Gasteiger partial charge on any atom is -0.326 e. The summed E-state index contributed by atoms with van der Waals surface area (Å²) in [6.07, 6.45) is 1.62. The predicted octanol–water partition coefficient (Wildman–Crippen LogP) is 2.01. The Morgan fingerprint density at radius 1 is 1.29 bits per heavy atom. The molecule has 0 saturated heterocycles. The van der Waals surface area contributed by atoms with Gasteiger partial charge in [0.2, 0.25) is 10.0 Å². The number of hydrogen-bond acceptors (Lipinski definition) is 4. The van der Waals surface area contributed by atoms with Crippen LogP contribution < -0.4 is 5.73 Å². The lowest BCUT2D eigenvalue weighted by atomic mass is 10.2. The van der Waals surface area contributed by atoms with E-state index in [-0.39, 0.29) is 23.0 Å². The lowest BCUT2D eigenvalue weighted by molar-refractivity contribution is 0.462. The topological polar surface area (TPSA) is 76.3 Å². The Kier molecular flexibility index (Phi) is 4.95. The molecule has 2 aromatic rings. The third-order valence-corrected chi connectivity index (χ3v) is 5.32. The molecule has 0 radical (unpaired) electrons. The monoisotopic (exact) mass is 325 g/mol. The first-order chi connectivity index (χ1) is 9.95. The van der Waals surface area contributed by atoms with E-state index in [1.54, 1.807) is 30.5 Å². The number of sulfonamides is 1. The molecule has 0 aliphatic rings. The van der Waals surface area contributed by atoms with Gasteiger partial charge in [-0.3, -0.25) is 4.98 Å². The minimum absolute atomic E-state index is 0.0607. The highest BCUT2D eigenvalue weighted by Crippen LogP contribution is 2.25. The number of rotatable bonds is 5. The van der Waals surface area contributed by atoms with Gasteiger partial charge in [0.15, 0.2) is 0 Å². The molecule has 0 atom stereocenters. The summed E-state index contributed by atoms with van der Waals surface area (Å²) in [5.41, 5.74) is 6.92. The van der Waals surface area contributed by atoms with Crippen molar-refractivity contribution in [3.63, 3.8) is 0 Å². The summed E-state index contributed by atoms with van der Waals surface area (Å²) in [5.74, 6) is 0. The molecule has 2 rings (SSSR count). The van der Waals surface area contributed by atoms with Crippen LogP contribution in [0.25, 0.3) is 0 Å². The minimum atomic E-state index is -3.69. The zero-order chi connectivity index (χ0) is 15.5. The highest BCUT2D eigenvalue weighted by atomic mass is 35.5. The van der Waals surface area contributed by atoms with Crippen LogP contribution in [-0.4, -0.2) is 24.8 Å². The van der Waals surface area contributed by atoms with Crippen molar-refractivity contribution in [3.8, 4) is 0 Å². The van der Waals surface area contributed by atoms with Gasteiger partial charge in [-0.15, -0.1) is 0 Å². The maximum Gasteiger partial charge on any atom is 0.244 e. The fourth-order valence-corrected chi connectivity index (χ4v) is 3.51. The summed E-state index contributed by atoms with van der Waals surface area (Å²) in [4.78, 5) is 4.18. The fourth-order valence-electron chi connectivity index (χ4n) is 1.85. The maximum atomic E-state index is 12.6. The van der Waals surface area contributed by atoms with E-state index in [4.69, 9.17) is 17.3 Å². The number of aromatic nitrogens is 1. The van der Waals surface area contributed by atoms with Crippen LogP contribution in [0, 0.1) is 0 Å². The van der Waals surface area contributed by atoms with Crippen molar-refractivity contribution in [2.75, 3.05) is 7.05 Å². The average molecular weight is 326 g/mol. The van der Waals surface area contributed by atoms with Crippen LogP contribution in [0.3, 0.4) is 0 Å². The smallest absolute Gasteiger partial charge is 0.244 e. The second-order valence-corrected chi connectivity index (χ2v) is 6.97. The Bertz CT molecular complexity index is 720. The number of hydrogen-bond donors (Lipinski definition) is 1. The van der Waals surface area contributed by atoms with Gasteiger partial charge in [-0.1, -0.05) is 23.7 Å². The zero-order valence-corrected chi connectivity index (χ0v) is 13.1. The third kappa shape index (κ3) is 3.59. The normalized spacial score (nSPS) is 11.8. The van der Waals surface area contributed by atoms with Gasteiger partial charge in [0.25, 0.3) is 0 Å². The van der Waals surface area contributed by atoms with Gasteiger partial charge < -0.3 is 5.73 Å². The van der Waals surface area contributed by atoms with Crippen molar-refractivity contribution >= 4 is 21.6 Å². The Morgan fingerprint density at radius 3 is 2.67 bits per heavy atom. The lowest BCUT2D eigenvalue weighted by Crippen LogP contribution is -2.27. The van der Waals surface area contributed by atoms with E-state index in [0.717, 1.165) is 0 Å². The van der Waals surface area contributed by atoms with Crippen LogP contribution in [0.1, 0.15) is 11.3 Å². The largest absolute Gasteiger partial charge is 0.326 e. The predicted molar refractivity (Wildman–Crippen MR) is 82.2 cm³/mol. The molecule has 7 heteroatoms. The molecule has 0 saturated carbocycles. The van der Waals surface area contributed by atoms with Crippen molar-refractivity contribution in [3.05, 3.63) is 58.9 Å². The molecule has 0 unspecified atom stereocenters. The van der Waals surface area contributed by atoms with Gasteiger partial charge >= 0.3 is 0 Å². The van der Waals surface area contributed by atoms with Crippen LogP contribution in [0.5, 0.6) is 0 Å². The van der Waals surface area contributed by atoms with Crippen LogP contribution >= 0.6 is 11.6 Å². The molecule has 0 bridgehead atoms. The fraction of sp³-hybridized carbons (Fsp3) is 0.214. The molecular weight excluding hydrogens is 310 g/mol. The average Bonchev–Trinajstić information content (AvgIpc) is 2.48. The maximum absolute atomic E-state index is 12.6. The van der Waals surface area contributed by atoms with Crippen molar-refractivity contribution in [1.82, 2.24) is 9.29 Å². The van der Waals surface area contributed by atoms with E-state index in [1.165, 1.54) is 17.4 Å². The standard InChI is InChI=1S/C14H16ClN3O2S/c1-18(10-12-4-2-3-7-17-12)21(19,20)14-8-11(9-16)5-6-13(14)15/h2-8H,9-10,16H2,1H3. The molecule has 21 heavy (non-hydrogen) atoms. The first-order valence-corrected chi connectivity index (χ1v) is 8.11. The summed E-state index contributed by atoms with van der Waals surface area (Å²) in [6, 6.07) is 10.1. The van der Waals surface area contributed by atoms with Gasteiger partial charge in [-0.2, -0.15) is 4.31 Å². The summed E-state index contributed by atoms with van der Waals surface area (Å²) in [7, 11) is -2.20. The van der Waals surface area contributed by atoms with Gasteiger partial charge in [0.1, 0.15) is 4.90 Å². The zero-order valence-electron chi connectivity index (χ0n) is 11.5. The first kappa shape index (κ1) is 15.9. The number of halogens is 1. The Balaban J connectivity index is 2.33. The molecule has 0 amide bonds. The highest BCUT2D eigenvalue weighted by Gasteiger charge is 2.24. The molecule has 1 heterocycles. The van der Waals surface area contributed by atoms with E-state index in [0.29, 0.717) is 11.3 Å². The Hall–Kier alpha value is -1.47. The van der Waals surface area contributed by atoms with Crippen molar-refractivity contribution in [2.45, 2.75) is 18.0 Å². The van der Waals surface area contributed by atoms with Crippen molar-refractivity contribution in [1.29, 1.82) is 0 Å². The molecule has 0 spiro atoms. The molecule has 1 aromatic heterocycles. The van der Waals surface area contributed by atoms with Crippen LogP contribution in [0.2, 0.25) is 5.02 Å². The summed E-state index contributed by atoms with van der Waals surface area (Å²) in [5, 5.41) is 0.181. The SMILES string of the molecule is CN(Cc1ccccn1)S(=O)(=O)c1cc(CN)ccc1Cl. The van der Waals surface area contributed by atoms with E-state index in [1.807, 2.05) is 6.07 Å². The van der Waals surface area contributed by atoms with Crippen LogP contribution in [0.4, 0.5) is 0 Å². The quantitative estimate of drug-likeness (QED) is 0.912. The number of benzene rings is 1. The summed E-state index contributed by atoms with van der Waals surface area (Å²) >= 11 is 6.02. The number of nitrogens with zero attached hydrogens (tertiary/aromatic N) is 2. The summed E-state index contributed by atoms with van der Waals surface area (Å²) in [6.45, 7) is 0.427. The Labute approximate surface area is 129 Å². The van der Waals surface area contributed by atoms with Crippen molar-refractivity contribution < 1.29 is 8.42 Å². The van der Waals surface area contributed by atoms with E-state index < -0.39 is 10.0 Å². The first-order valence-electron chi connectivity index (χ1n) is 6.30. The molecule has 2 N–H and O–H groups in total. The van der Waals surface area contributed by atoms with Crippen LogP contribution in [0.15, 0.2) is 47.5 Å². The van der Waals surface area contributed by atoms with Gasteiger partial charge in [-0.25, -0.2) is 8.42 Å². The molecule has 1 aromatic carbocycles. The van der Waals surface area contributed by atoms with Gasteiger partial charge in [-0.05, 0) is 29.8 Å². The second kappa shape index (κ2) is 6.53. The third-order valence-electron chi connectivity index (χ3n) is 3.03. The van der Waals surface area contributed by atoms with E-state index in [9.17, 15) is 8.42 Å². The molecule has 0 aliphatic heterocycles. The van der Waals surface area contributed by atoms with E-state index >= 15 is 0 Å². The van der Waals surface area contributed by atoms with Crippen LogP contribution in [-0.2, 0) is 23.1 Å². The van der Waals surface area contributed by atoms with Crippen molar-refractivity contribution in [2.24, 2.45) is 5.73 Å². The number of nitrogens with two attached hydrogens (primary N) is 1. The highest BCUT2D eigenvalue weighted by molar-refractivity contribution is 7.89. The second-order valence-electron chi connectivity index (χ2n) is 4.55. The van der Waals surface area contributed by atoms with E-state index in [2.05, 4.69) is 4.98 Å². The molecule has 5 nitrogen and oxygen atoms in total. The summed E-state index contributed by atoms with van der Waals surface area (Å²) < 4.78 is 26.4. The number of pyridine rings is 1. The molecule has 0 aliphatic carbocycles. The molecule has 0 fully saturated rings. The molecule has 112 valence electrons. The Morgan fingerprint density at radius 2 is 2.05 bits per heavy atom. The molecular formula is C14H16ClN3O2S.